The first-order valence-corrected chi connectivity index (χ1v) is 10.6. The zero-order valence-corrected chi connectivity index (χ0v) is 17.2. The molecule has 0 aliphatic carbocycles. The lowest BCUT2D eigenvalue weighted by Crippen LogP contribution is -2.30. The van der Waals surface area contributed by atoms with Gasteiger partial charge in [-0.2, -0.15) is 0 Å². The number of esters is 1. The Bertz CT molecular complexity index is 820. The summed E-state index contributed by atoms with van der Waals surface area (Å²) in [5.41, 5.74) is 1.42. The number of thiazole rings is 1. The fraction of sp³-hybridized carbons (Fsp3) is 0.476. The summed E-state index contributed by atoms with van der Waals surface area (Å²) in [6.07, 6.45) is 2.94. The minimum Gasteiger partial charge on any atom is -0.493 e. The number of rotatable bonds is 8. The SMILES string of the molecule is CCOC(=O)c1csc(C2CCCN2C(=O)CCCOc2ccccc2C)n1. The van der Waals surface area contributed by atoms with E-state index in [2.05, 4.69) is 4.98 Å². The molecule has 1 aliphatic heterocycles. The predicted molar refractivity (Wildman–Crippen MR) is 108 cm³/mol. The summed E-state index contributed by atoms with van der Waals surface area (Å²) in [5.74, 6) is 0.571. The van der Waals surface area contributed by atoms with Gasteiger partial charge in [0, 0.05) is 18.3 Å². The van der Waals surface area contributed by atoms with Crippen LogP contribution in [0.3, 0.4) is 0 Å². The van der Waals surface area contributed by atoms with Crippen molar-refractivity contribution < 1.29 is 19.1 Å². The van der Waals surface area contributed by atoms with E-state index in [4.69, 9.17) is 9.47 Å². The first-order chi connectivity index (χ1) is 13.6. The van der Waals surface area contributed by atoms with Gasteiger partial charge in [0.15, 0.2) is 5.69 Å². The monoisotopic (exact) mass is 402 g/mol. The first-order valence-electron chi connectivity index (χ1n) is 9.70. The molecule has 1 aliphatic rings. The number of carbonyl (C=O) groups excluding carboxylic acids is 2. The van der Waals surface area contributed by atoms with E-state index in [1.165, 1.54) is 11.3 Å². The number of likely N-dealkylation sites (tertiary alicyclic amines) is 1. The van der Waals surface area contributed by atoms with Crippen LogP contribution in [-0.4, -0.2) is 41.5 Å². The highest BCUT2D eigenvalue weighted by molar-refractivity contribution is 7.09. The van der Waals surface area contributed by atoms with Gasteiger partial charge in [-0.3, -0.25) is 4.79 Å². The molecule has 1 atom stereocenters. The number of amides is 1. The Kier molecular flexibility index (Phi) is 7.03. The number of para-hydroxylation sites is 1. The van der Waals surface area contributed by atoms with Crippen LogP contribution >= 0.6 is 11.3 Å². The molecule has 1 saturated heterocycles. The molecule has 1 amide bonds. The lowest BCUT2D eigenvalue weighted by atomic mass is 10.2. The maximum absolute atomic E-state index is 12.7. The van der Waals surface area contributed by atoms with E-state index in [0.29, 0.717) is 31.7 Å². The number of hydrogen-bond acceptors (Lipinski definition) is 6. The van der Waals surface area contributed by atoms with Crippen molar-refractivity contribution in [2.24, 2.45) is 0 Å². The van der Waals surface area contributed by atoms with Gasteiger partial charge in [-0.25, -0.2) is 9.78 Å². The second-order valence-corrected chi connectivity index (χ2v) is 7.64. The molecule has 28 heavy (non-hydrogen) atoms. The summed E-state index contributed by atoms with van der Waals surface area (Å²) in [6.45, 7) is 5.35. The van der Waals surface area contributed by atoms with Crippen LogP contribution in [0, 0.1) is 6.92 Å². The van der Waals surface area contributed by atoms with Crippen molar-refractivity contribution in [1.82, 2.24) is 9.88 Å². The molecule has 1 fully saturated rings. The number of ether oxygens (including phenoxy) is 2. The molecule has 0 N–H and O–H groups in total. The average Bonchev–Trinajstić information content (AvgIpc) is 3.35. The smallest absolute Gasteiger partial charge is 0.357 e. The quantitative estimate of drug-likeness (QED) is 0.490. The molecule has 0 bridgehead atoms. The Balaban J connectivity index is 1.52. The molecule has 2 aromatic rings. The normalized spacial score (nSPS) is 16.2. The van der Waals surface area contributed by atoms with E-state index in [1.54, 1.807) is 12.3 Å². The first kappa shape index (κ1) is 20.3. The van der Waals surface area contributed by atoms with Crippen molar-refractivity contribution in [2.75, 3.05) is 19.8 Å². The molecular weight excluding hydrogens is 376 g/mol. The van der Waals surface area contributed by atoms with Gasteiger partial charge in [0.2, 0.25) is 5.91 Å². The van der Waals surface area contributed by atoms with Crippen LogP contribution in [0.15, 0.2) is 29.6 Å². The van der Waals surface area contributed by atoms with Crippen LogP contribution in [0.25, 0.3) is 0 Å². The van der Waals surface area contributed by atoms with Crippen LogP contribution in [0.2, 0.25) is 0 Å². The number of aryl methyl sites for hydroxylation is 1. The third-order valence-corrected chi connectivity index (χ3v) is 5.70. The summed E-state index contributed by atoms with van der Waals surface area (Å²) >= 11 is 1.42. The van der Waals surface area contributed by atoms with Gasteiger partial charge in [0.05, 0.1) is 19.3 Å². The van der Waals surface area contributed by atoms with Crippen LogP contribution < -0.4 is 4.74 Å². The second kappa shape index (κ2) is 9.68. The molecule has 0 spiro atoms. The Hall–Kier alpha value is -2.41. The van der Waals surface area contributed by atoms with E-state index < -0.39 is 5.97 Å². The number of hydrogen-bond donors (Lipinski definition) is 0. The van der Waals surface area contributed by atoms with Crippen molar-refractivity contribution in [3.05, 3.63) is 45.9 Å². The summed E-state index contributed by atoms with van der Waals surface area (Å²) in [4.78, 5) is 30.8. The molecular formula is C21H26N2O4S. The van der Waals surface area contributed by atoms with Crippen molar-refractivity contribution in [1.29, 1.82) is 0 Å². The number of nitrogens with zero attached hydrogens (tertiary/aromatic N) is 2. The molecule has 3 rings (SSSR count). The zero-order valence-electron chi connectivity index (χ0n) is 16.3. The van der Waals surface area contributed by atoms with Crippen molar-refractivity contribution in [2.45, 2.75) is 45.6 Å². The second-order valence-electron chi connectivity index (χ2n) is 6.75. The molecule has 0 saturated carbocycles. The van der Waals surface area contributed by atoms with Gasteiger partial charge in [-0.1, -0.05) is 18.2 Å². The minimum atomic E-state index is -0.408. The highest BCUT2D eigenvalue weighted by Gasteiger charge is 2.32. The highest BCUT2D eigenvalue weighted by Crippen LogP contribution is 2.34. The third-order valence-electron chi connectivity index (χ3n) is 4.75. The zero-order chi connectivity index (χ0) is 19.9. The van der Waals surface area contributed by atoms with E-state index in [1.807, 2.05) is 36.1 Å². The Morgan fingerprint density at radius 1 is 1.32 bits per heavy atom. The van der Waals surface area contributed by atoms with Crippen LogP contribution in [0.4, 0.5) is 0 Å². The van der Waals surface area contributed by atoms with E-state index in [-0.39, 0.29) is 11.9 Å². The van der Waals surface area contributed by atoms with E-state index >= 15 is 0 Å². The fourth-order valence-corrected chi connectivity index (χ4v) is 4.26. The van der Waals surface area contributed by atoms with E-state index in [9.17, 15) is 9.59 Å². The molecule has 1 aromatic heterocycles. The highest BCUT2D eigenvalue weighted by atomic mass is 32.1. The average molecular weight is 403 g/mol. The molecule has 6 nitrogen and oxygen atoms in total. The van der Waals surface area contributed by atoms with Crippen molar-refractivity contribution in [3.63, 3.8) is 0 Å². The standard InChI is InChI=1S/C21H26N2O4S/c1-3-26-21(25)16-14-28-20(22-16)17-9-6-12-23(17)19(24)11-7-13-27-18-10-5-4-8-15(18)2/h4-5,8,10,14,17H,3,6-7,9,11-13H2,1-2H3. The van der Waals surface area contributed by atoms with Gasteiger partial charge in [0.25, 0.3) is 0 Å². The molecule has 1 unspecified atom stereocenters. The van der Waals surface area contributed by atoms with Crippen LogP contribution in [-0.2, 0) is 9.53 Å². The summed E-state index contributed by atoms with van der Waals surface area (Å²) in [5, 5.41) is 2.52. The Morgan fingerprint density at radius 3 is 2.93 bits per heavy atom. The molecule has 7 heteroatoms. The Labute approximate surface area is 169 Å². The molecule has 1 aromatic carbocycles. The van der Waals surface area contributed by atoms with Gasteiger partial charge in [-0.05, 0) is 44.7 Å². The van der Waals surface area contributed by atoms with E-state index in [0.717, 1.165) is 35.7 Å². The predicted octanol–water partition coefficient (Wildman–Crippen LogP) is 4.15. The summed E-state index contributed by atoms with van der Waals surface area (Å²) < 4.78 is 10.8. The molecule has 0 radical (unpaired) electrons. The maximum Gasteiger partial charge on any atom is 0.357 e. The molecule has 150 valence electrons. The lowest BCUT2D eigenvalue weighted by molar-refractivity contribution is -0.132. The van der Waals surface area contributed by atoms with Crippen molar-refractivity contribution >= 4 is 23.2 Å². The van der Waals surface area contributed by atoms with Crippen LogP contribution in [0.5, 0.6) is 5.75 Å². The number of carbonyl (C=O) groups is 2. The topological polar surface area (TPSA) is 68.7 Å². The Morgan fingerprint density at radius 2 is 2.14 bits per heavy atom. The third kappa shape index (κ3) is 4.90. The maximum atomic E-state index is 12.7. The lowest BCUT2D eigenvalue weighted by Gasteiger charge is -2.23. The van der Waals surface area contributed by atoms with Gasteiger partial charge >= 0.3 is 5.97 Å². The number of aromatic nitrogens is 1. The van der Waals surface area contributed by atoms with Crippen LogP contribution in [0.1, 0.15) is 59.7 Å². The molecule has 2 heterocycles. The van der Waals surface area contributed by atoms with Gasteiger partial charge < -0.3 is 14.4 Å². The van der Waals surface area contributed by atoms with Gasteiger partial charge in [0.1, 0.15) is 10.8 Å². The minimum absolute atomic E-state index is 0.0436. The number of benzene rings is 1. The van der Waals surface area contributed by atoms with Gasteiger partial charge in [-0.15, -0.1) is 11.3 Å². The van der Waals surface area contributed by atoms with Crippen molar-refractivity contribution in [3.8, 4) is 5.75 Å². The summed E-state index contributed by atoms with van der Waals surface area (Å²) in [7, 11) is 0. The fourth-order valence-electron chi connectivity index (χ4n) is 3.33. The largest absolute Gasteiger partial charge is 0.493 e. The summed E-state index contributed by atoms with van der Waals surface area (Å²) in [6, 6.07) is 7.83.